The fraction of sp³-hybridized carbons (Fsp3) is 0.208. The summed E-state index contributed by atoms with van der Waals surface area (Å²) in [6.45, 7) is 0. The third kappa shape index (κ3) is 3.69. The zero-order chi connectivity index (χ0) is 36.3. The predicted molar refractivity (Wildman–Crippen MR) is 232 cm³/mol. The normalized spacial score (nSPS) is 26.4. The van der Waals surface area contributed by atoms with E-state index in [9.17, 15) is 0 Å². The zero-order valence-corrected chi connectivity index (χ0v) is 31.9. The molecule has 268 valence electrons. The second kappa shape index (κ2) is 10.6. The van der Waals surface area contributed by atoms with Crippen LogP contribution in [0.4, 0.5) is 17.1 Å². The van der Waals surface area contributed by atoms with Crippen molar-refractivity contribution in [1.29, 1.82) is 0 Å². The van der Waals surface area contributed by atoms with Gasteiger partial charge in [0.1, 0.15) is 11.2 Å². The van der Waals surface area contributed by atoms with Crippen molar-refractivity contribution in [3.63, 3.8) is 0 Å². The minimum Gasteiger partial charge on any atom is -0.455 e. The molecule has 6 unspecified atom stereocenters. The molecule has 2 spiro atoms. The lowest BCUT2D eigenvalue weighted by Gasteiger charge is -2.54. The number of hydrogen-bond acceptors (Lipinski definition) is 3. The summed E-state index contributed by atoms with van der Waals surface area (Å²) < 4.78 is 9.13. The molecule has 14 rings (SSSR count). The molecule has 4 fully saturated rings. The molecule has 0 radical (unpaired) electrons. The lowest BCUT2D eigenvalue weighted by molar-refractivity contribution is -0.0193. The van der Waals surface area contributed by atoms with E-state index in [-0.39, 0.29) is 5.41 Å². The predicted octanol–water partition coefficient (Wildman–Crippen LogP) is 14.8. The lowest BCUT2D eigenvalue weighted by Crippen LogP contribution is -2.50. The monoisotopic (exact) mass is 737 g/mol. The second-order valence-corrected chi connectivity index (χ2v) is 18.8. The van der Waals surface area contributed by atoms with Crippen molar-refractivity contribution >= 4 is 70.5 Å². The molecule has 2 heterocycles. The zero-order valence-electron chi connectivity index (χ0n) is 31.0. The fourth-order valence-corrected chi connectivity index (χ4v) is 14.8. The first-order valence-corrected chi connectivity index (χ1v) is 21.5. The Balaban J connectivity index is 0.944. The Morgan fingerprint density at radius 2 is 1.23 bits per heavy atom. The van der Waals surface area contributed by atoms with E-state index in [1.165, 1.54) is 74.8 Å². The summed E-state index contributed by atoms with van der Waals surface area (Å²) in [7, 11) is 0. The molecule has 2 nitrogen and oxygen atoms in total. The summed E-state index contributed by atoms with van der Waals surface area (Å²) in [5.41, 5.74) is 14.7. The van der Waals surface area contributed by atoms with E-state index < -0.39 is 0 Å². The van der Waals surface area contributed by atoms with Crippen molar-refractivity contribution in [3.05, 3.63) is 163 Å². The van der Waals surface area contributed by atoms with Crippen molar-refractivity contribution in [2.24, 2.45) is 29.1 Å². The average Bonchev–Trinajstić information content (AvgIpc) is 3.97. The maximum atomic E-state index is 6.47. The molecule has 9 aromatic rings. The van der Waals surface area contributed by atoms with Gasteiger partial charge in [-0.25, -0.2) is 0 Å². The molecule has 3 heteroatoms. The summed E-state index contributed by atoms with van der Waals surface area (Å²) in [6.07, 6.45) is 7.29. The number of nitrogens with zero attached hydrogens (tertiary/aromatic N) is 1. The Morgan fingerprint density at radius 3 is 2.18 bits per heavy atom. The van der Waals surface area contributed by atoms with Crippen LogP contribution < -0.4 is 4.90 Å². The maximum absolute atomic E-state index is 6.47. The van der Waals surface area contributed by atoms with Crippen molar-refractivity contribution < 1.29 is 4.42 Å². The molecule has 0 aliphatic heterocycles. The Hall–Kier alpha value is -5.64. The number of anilines is 3. The Morgan fingerprint density at radius 1 is 0.518 bits per heavy atom. The van der Waals surface area contributed by atoms with Gasteiger partial charge in [-0.2, -0.15) is 0 Å². The number of fused-ring (bicyclic) bond motifs is 15. The summed E-state index contributed by atoms with van der Waals surface area (Å²) in [4.78, 5) is 2.50. The number of benzene rings is 7. The van der Waals surface area contributed by atoms with Crippen LogP contribution in [0.2, 0.25) is 0 Å². The van der Waals surface area contributed by atoms with Crippen molar-refractivity contribution in [2.75, 3.05) is 4.90 Å². The molecule has 0 N–H and O–H groups in total. The second-order valence-electron chi connectivity index (χ2n) is 17.7. The molecular formula is C53H39NOS. The largest absolute Gasteiger partial charge is 0.455 e. The lowest BCUT2D eigenvalue weighted by atomic mass is 9.49. The van der Waals surface area contributed by atoms with Crippen LogP contribution >= 0.6 is 11.3 Å². The smallest absolute Gasteiger partial charge is 0.143 e. The first-order chi connectivity index (χ1) is 27.7. The van der Waals surface area contributed by atoms with E-state index in [0.29, 0.717) is 5.41 Å². The van der Waals surface area contributed by atoms with Gasteiger partial charge in [0.25, 0.3) is 0 Å². The van der Waals surface area contributed by atoms with Crippen molar-refractivity contribution in [2.45, 2.75) is 37.5 Å². The van der Waals surface area contributed by atoms with E-state index >= 15 is 0 Å². The molecule has 0 amide bonds. The number of hydrogen-bond donors (Lipinski definition) is 0. The Labute approximate surface area is 330 Å². The van der Waals surface area contributed by atoms with Crippen molar-refractivity contribution in [1.82, 2.24) is 0 Å². The third-order valence-corrected chi connectivity index (χ3v) is 16.7. The fourth-order valence-electron chi connectivity index (χ4n) is 13.7. The van der Waals surface area contributed by atoms with Crippen LogP contribution in [0.25, 0.3) is 64.4 Å². The van der Waals surface area contributed by atoms with Gasteiger partial charge >= 0.3 is 0 Å². The number of furan rings is 1. The van der Waals surface area contributed by atoms with Gasteiger partial charge in [0, 0.05) is 59.0 Å². The highest BCUT2D eigenvalue weighted by Gasteiger charge is 2.76. The number of thiophene rings is 1. The topological polar surface area (TPSA) is 16.4 Å². The van der Waals surface area contributed by atoms with Gasteiger partial charge in [-0.1, -0.05) is 103 Å². The van der Waals surface area contributed by atoms with Gasteiger partial charge in [0.05, 0.1) is 0 Å². The van der Waals surface area contributed by atoms with Crippen LogP contribution in [0, 0.1) is 29.1 Å². The highest BCUT2D eigenvalue weighted by molar-refractivity contribution is 7.25. The molecule has 4 saturated carbocycles. The molecular weight excluding hydrogens is 699 g/mol. The van der Waals surface area contributed by atoms with Gasteiger partial charge in [0.2, 0.25) is 0 Å². The Kier molecular flexibility index (Phi) is 5.78. The third-order valence-electron chi connectivity index (χ3n) is 15.6. The summed E-state index contributed by atoms with van der Waals surface area (Å²) in [5.74, 6) is 3.47. The SMILES string of the molecule is c1ccc2c(c1)-c1cc(N(c3ccc(-c4cccc5c4oc4ccccc45)cc3)c3ccc4c(c3)sc3ccccc34)ccc1C21C2CC3CC4CC1C4(C3)C2. The standard InChI is InChI=1S/C53H39NOS/c1-4-13-45-39(8-1)44-27-36(21-23-46(44)53(45)34-25-31-24-33-26-50(53)52(33,29-31)30-34)54(37-20-22-42-41-10-3-6-15-48(41)56-49(42)28-37)35-18-16-32(17-19-35)38-11-7-12-43-40-9-2-5-14-47(40)55-51(38)43/h1-23,27-28,31,33-34,50H,24-26,29-30H2. The number of para-hydroxylation sites is 2. The van der Waals surface area contributed by atoms with E-state index in [1.807, 2.05) is 17.4 Å². The summed E-state index contributed by atoms with van der Waals surface area (Å²) in [6, 6.07) is 57.1. The minimum absolute atomic E-state index is 0.177. The van der Waals surface area contributed by atoms with Gasteiger partial charge in [-0.3, -0.25) is 0 Å². The van der Waals surface area contributed by atoms with Crippen molar-refractivity contribution in [3.8, 4) is 22.3 Å². The van der Waals surface area contributed by atoms with Gasteiger partial charge in [0.15, 0.2) is 0 Å². The van der Waals surface area contributed by atoms with Crippen LogP contribution in [-0.2, 0) is 5.41 Å². The Bertz CT molecular complexity index is 3130. The van der Waals surface area contributed by atoms with Crippen LogP contribution in [-0.4, -0.2) is 0 Å². The highest BCUT2D eigenvalue weighted by atomic mass is 32.1. The van der Waals surface area contributed by atoms with Crippen LogP contribution in [0.5, 0.6) is 0 Å². The average molecular weight is 738 g/mol. The van der Waals surface area contributed by atoms with Crippen LogP contribution in [0.3, 0.4) is 0 Å². The highest BCUT2D eigenvalue weighted by Crippen LogP contribution is 2.83. The molecule has 7 aromatic carbocycles. The summed E-state index contributed by atoms with van der Waals surface area (Å²) in [5, 5.41) is 4.98. The van der Waals surface area contributed by atoms with E-state index in [4.69, 9.17) is 4.42 Å². The number of rotatable bonds is 4. The first kappa shape index (κ1) is 30.6. The molecule has 5 aliphatic rings. The van der Waals surface area contributed by atoms with E-state index in [0.717, 1.165) is 62.4 Å². The van der Waals surface area contributed by atoms with Crippen LogP contribution in [0.15, 0.2) is 156 Å². The first-order valence-electron chi connectivity index (χ1n) is 20.6. The quantitative estimate of drug-likeness (QED) is 0.179. The molecule has 56 heavy (non-hydrogen) atoms. The summed E-state index contributed by atoms with van der Waals surface area (Å²) >= 11 is 1.89. The molecule has 3 bridgehead atoms. The molecule has 6 atom stereocenters. The van der Waals surface area contributed by atoms with Crippen LogP contribution in [0.1, 0.15) is 43.2 Å². The van der Waals surface area contributed by atoms with E-state index in [1.54, 1.807) is 11.1 Å². The molecule has 5 aliphatic carbocycles. The van der Waals surface area contributed by atoms with Gasteiger partial charge < -0.3 is 9.32 Å². The maximum Gasteiger partial charge on any atom is 0.143 e. The minimum atomic E-state index is 0.177. The molecule has 2 aromatic heterocycles. The van der Waals surface area contributed by atoms with Gasteiger partial charge in [-0.05, 0) is 138 Å². The van der Waals surface area contributed by atoms with E-state index in [2.05, 4.69) is 150 Å². The molecule has 0 saturated heterocycles. The van der Waals surface area contributed by atoms with Gasteiger partial charge in [-0.15, -0.1) is 11.3 Å².